The molecule has 120 valence electrons. The first-order chi connectivity index (χ1) is 9.79. The van der Waals surface area contributed by atoms with Gasteiger partial charge in [-0.3, -0.25) is 4.90 Å². The van der Waals surface area contributed by atoms with Gasteiger partial charge in [-0.1, -0.05) is 72.1 Å². The molecule has 1 saturated heterocycles. The molecular weight excluding hydrogens is 244 g/mol. The Labute approximate surface area is 127 Å². The fourth-order valence-electron chi connectivity index (χ4n) is 3.33. The maximum Gasteiger partial charge on any atom is 0.0246 e. The summed E-state index contributed by atoms with van der Waals surface area (Å²) in [6, 6.07) is 0.776. The van der Waals surface area contributed by atoms with E-state index in [4.69, 9.17) is 0 Å². The molecule has 0 radical (unpaired) electrons. The van der Waals surface area contributed by atoms with Gasteiger partial charge >= 0.3 is 0 Å². The summed E-state index contributed by atoms with van der Waals surface area (Å²) in [5, 5.41) is 3.57. The van der Waals surface area contributed by atoms with E-state index in [1.165, 1.54) is 84.0 Å². The fourth-order valence-corrected chi connectivity index (χ4v) is 3.33. The second-order valence-electron chi connectivity index (χ2n) is 6.67. The Morgan fingerprint density at radius 1 is 1.00 bits per heavy atom. The zero-order valence-electron chi connectivity index (χ0n) is 14.3. The summed E-state index contributed by atoms with van der Waals surface area (Å²) in [7, 11) is 0. The maximum atomic E-state index is 3.57. The van der Waals surface area contributed by atoms with E-state index in [9.17, 15) is 0 Å². The monoisotopic (exact) mass is 282 g/mol. The van der Waals surface area contributed by atoms with Crippen molar-refractivity contribution in [3.8, 4) is 0 Å². The quantitative estimate of drug-likeness (QED) is 0.563. The van der Waals surface area contributed by atoms with Crippen LogP contribution in [0.3, 0.4) is 0 Å². The van der Waals surface area contributed by atoms with Gasteiger partial charge in [0, 0.05) is 25.7 Å². The molecule has 0 saturated carbocycles. The maximum absolute atomic E-state index is 3.57. The van der Waals surface area contributed by atoms with Crippen molar-refractivity contribution >= 4 is 0 Å². The summed E-state index contributed by atoms with van der Waals surface area (Å²) in [5.41, 5.74) is 0. The molecule has 0 aromatic heterocycles. The molecule has 0 aliphatic carbocycles. The number of nitrogens with zero attached hydrogens (tertiary/aromatic N) is 1. The summed E-state index contributed by atoms with van der Waals surface area (Å²) in [4.78, 5) is 2.75. The van der Waals surface area contributed by atoms with Gasteiger partial charge in [0.25, 0.3) is 0 Å². The SMILES string of the molecule is CCCCCCCCCCN1CCNCC1C(C)CC. The van der Waals surface area contributed by atoms with Crippen molar-refractivity contribution in [2.45, 2.75) is 84.6 Å². The molecule has 0 aromatic carbocycles. The fraction of sp³-hybridized carbons (Fsp3) is 1.00. The van der Waals surface area contributed by atoms with Gasteiger partial charge in [-0.2, -0.15) is 0 Å². The van der Waals surface area contributed by atoms with E-state index in [1.54, 1.807) is 0 Å². The predicted molar refractivity (Wildman–Crippen MR) is 90.3 cm³/mol. The van der Waals surface area contributed by atoms with Crippen LogP contribution in [0, 0.1) is 5.92 Å². The molecule has 1 N–H and O–H groups in total. The molecule has 1 fully saturated rings. The van der Waals surface area contributed by atoms with E-state index in [0.29, 0.717) is 0 Å². The first-order valence-corrected chi connectivity index (χ1v) is 9.24. The number of piperazine rings is 1. The third-order valence-corrected chi connectivity index (χ3v) is 5.00. The zero-order chi connectivity index (χ0) is 14.6. The predicted octanol–water partition coefficient (Wildman–Crippen LogP) is 4.45. The van der Waals surface area contributed by atoms with E-state index in [1.807, 2.05) is 0 Å². The zero-order valence-corrected chi connectivity index (χ0v) is 14.3. The summed E-state index contributed by atoms with van der Waals surface area (Å²) in [6.45, 7) is 12.0. The van der Waals surface area contributed by atoms with Crippen molar-refractivity contribution in [1.82, 2.24) is 10.2 Å². The lowest BCUT2D eigenvalue weighted by Crippen LogP contribution is -2.54. The van der Waals surface area contributed by atoms with Crippen LogP contribution >= 0.6 is 0 Å². The molecule has 0 spiro atoms. The van der Waals surface area contributed by atoms with Crippen molar-refractivity contribution in [3.05, 3.63) is 0 Å². The van der Waals surface area contributed by atoms with Gasteiger partial charge in [0.05, 0.1) is 0 Å². The van der Waals surface area contributed by atoms with Gasteiger partial charge in [-0.05, 0) is 18.9 Å². The Bertz CT molecular complexity index is 217. The minimum absolute atomic E-state index is 0.776. The van der Waals surface area contributed by atoms with Crippen LogP contribution in [0.25, 0.3) is 0 Å². The Morgan fingerprint density at radius 3 is 2.30 bits per heavy atom. The van der Waals surface area contributed by atoms with Crippen LogP contribution in [-0.4, -0.2) is 37.1 Å². The number of nitrogens with one attached hydrogen (secondary N) is 1. The van der Waals surface area contributed by atoms with Crippen LogP contribution in [0.2, 0.25) is 0 Å². The summed E-state index contributed by atoms with van der Waals surface area (Å²) in [5.74, 6) is 0.830. The van der Waals surface area contributed by atoms with Gasteiger partial charge in [0.2, 0.25) is 0 Å². The lowest BCUT2D eigenvalue weighted by atomic mass is 9.95. The molecule has 0 bridgehead atoms. The minimum Gasteiger partial charge on any atom is -0.314 e. The van der Waals surface area contributed by atoms with Crippen LogP contribution in [-0.2, 0) is 0 Å². The molecule has 1 heterocycles. The lowest BCUT2D eigenvalue weighted by Gasteiger charge is -2.39. The first-order valence-electron chi connectivity index (χ1n) is 9.24. The second kappa shape index (κ2) is 11.6. The number of unbranched alkanes of at least 4 members (excludes halogenated alkanes) is 7. The van der Waals surface area contributed by atoms with Crippen LogP contribution in [0.4, 0.5) is 0 Å². The summed E-state index contributed by atoms with van der Waals surface area (Å²) in [6.07, 6.45) is 12.7. The largest absolute Gasteiger partial charge is 0.314 e. The Morgan fingerprint density at radius 2 is 1.65 bits per heavy atom. The Hall–Kier alpha value is -0.0800. The number of rotatable bonds is 11. The average molecular weight is 283 g/mol. The van der Waals surface area contributed by atoms with Crippen molar-refractivity contribution < 1.29 is 0 Å². The lowest BCUT2D eigenvalue weighted by molar-refractivity contribution is 0.114. The molecule has 20 heavy (non-hydrogen) atoms. The minimum atomic E-state index is 0.776. The molecule has 1 aliphatic rings. The topological polar surface area (TPSA) is 15.3 Å². The average Bonchev–Trinajstić information content (AvgIpc) is 2.49. The smallest absolute Gasteiger partial charge is 0.0246 e. The van der Waals surface area contributed by atoms with Gasteiger partial charge in [0.1, 0.15) is 0 Å². The molecule has 2 unspecified atom stereocenters. The molecule has 2 nitrogen and oxygen atoms in total. The van der Waals surface area contributed by atoms with Gasteiger partial charge in [-0.15, -0.1) is 0 Å². The van der Waals surface area contributed by atoms with Crippen LogP contribution in [0.5, 0.6) is 0 Å². The molecule has 1 rings (SSSR count). The van der Waals surface area contributed by atoms with Crippen LogP contribution in [0.15, 0.2) is 0 Å². The Kier molecular flexibility index (Phi) is 10.4. The first kappa shape index (κ1) is 18.0. The van der Waals surface area contributed by atoms with Crippen molar-refractivity contribution in [2.24, 2.45) is 5.92 Å². The molecule has 0 amide bonds. The molecule has 2 heteroatoms. The van der Waals surface area contributed by atoms with Crippen LogP contribution in [0.1, 0.15) is 78.6 Å². The normalized spacial score (nSPS) is 22.1. The van der Waals surface area contributed by atoms with E-state index in [-0.39, 0.29) is 0 Å². The molecular formula is C18H38N2. The summed E-state index contributed by atoms with van der Waals surface area (Å²) >= 11 is 0. The third kappa shape index (κ3) is 7.08. The highest BCUT2D eigenvalue weighted by Gasteiger charge is 2.25. The highest BCUT2D eigenvalue weighted by atomic mass is 15.2. The van der Waals surface area contributed by atoms with E-state index in [0.717, 1.165) is 12.0 Å². The van der Waals surface area contributed by atoms with E-state index < -0.39 is 0 Å². The van der Waals surface area contributed by atoms with Crippen molar-refractivity contribution in [2.75, 3.05) is 26.2 Å². The second-order valence-corrected chi connectivity index (χ2v) is 6.67. The highest BCUT2D eigenvalue weighted by Crippen LogP contribution is 2.17. The van der Waals surface area contributed by atoms with Crippen LogP contribution < -0.4 is 5.32 Å². The van der Waals surface area contributed by atoms with Crippen molar-refractivity contribution in [1.29, 1.82) is 0 Å². The van der Waals surface area contributed by atoms with Gasteiger partial charge < -0.3 is 5.32 Å². The third-order valence-electron chi connectivity index (χ3n) is 5.00. The van der Waals surface area contributed by atoms with Crippen molar-refractivity contribution in [3.63, 3.8) is 0 Å². The van der Waals surface area contributed by atoms with Gasteiger partial charge in [0.15, 0.2) is 0 Å². The van der Waals surface area contributed by atoms with E-state index >= 15 is 0 Å². The standard InChI is InChI=1S/C18H38N2/c1-4-6-7-8-9-10-11-12-14-20-15-13-19-16-18(20)17(3)5-2/h17-19H,4-16H2,1-3H3. The number of hydrogen-bond donors (Lipinski definition) is 1. The highest BCUT2D eigenvalue weighted by molar-refractivity contribution is 4.83. The molecule has 1 aliphatic heterocycles. The van der Waals surface area contributed by atoms with E-state index in [2.05, 4.69) is 31.0 Å². The van der Waals surface area contributed by atoms with Gasteiger partial charge in [-0.25, -0.2) is 0 Å². The number of hydrogen-bond acceptors (Lipinski definition) is 2. The Balaban J connectivity index is 2.07. The molecule has 0 aromatic rings. The summed E-state index contributed by atoms with van der Waals surface area (Å²) < 4.78 is 0. The molecule has 2 atom stereocenters.